The normalized spacial score (nSPS) is 12.4. The molecular weight excluding hydrogens is 317 g/mol. The molecule has 0 spiro atoms. The van der Waals surface area contributed by atoms with E-state index < -0.39 is 0 Å². The van der Waals surface area contributed by atoms with Crippen molar-refractivity contribution in [1.82, 2.24) is 5.32 Å². The molecule has 1 N–H and O–H groups in total. The largest absolute Gasteiger partial charge is 0.307 e. The van der Waals surface area contributed by atoms with Crippen LogP contribution in [0.15, 0.2) is 46.9 Å². The van der Waals surface area contributed by atoms with Crippen molar-refractivity contribution >= 4 is 15.9 Å². The van der Waals surface area contributed by atoms with Gasteiger partial charge in [0.1, 0.15) is 5.82 Å². The van der Waals surface area contributed by atoms with Gasteiger partial charge in [0.25, 0.3) is 0 Å². The number of benzene rings is 2. The predicted molar refractivity (Wildman–Crippen MR) is 85.4 cm³/mol. The van der Waals surface area contributed by atoms with Crippen LogP contribution in [0.1, 0.15) is 36.6 Å². The van der Waals surface area contributed by atoms with Crippen LogP contribution >= 0.6 is 15.9 Å². The number of nitrogens with one attached hydrogen (secondary N) is 1. The average molecular weight is 336 g/mol. The van der Waals surface area contributed by atoms with Crippen LogP contribution in [0.4, 0.5) is 4.39 Å². The number of aryl methyl sites for hydroxylation is 1. The first-order chi connectivity index (χ1) is 9.65. The molecule has 0 aliphatic rings. The Hall–Kier alpha value is -1.19. The Balaban J connectivity index is 2.35. The molecule has 0 radical (unpaired) electrons. The molecule has 0 bridgehead atoms. The highest BCUT2D eigenvalue weighted by molar-refractivity contribution is 9.10. The van der Waals surface area contributed by atoms with Gasteiger partial charge in [0.15, 0.2) is 0 Å². The van der Waals surface area contributed by atoms with Crippen molar-refractivity contribution in [3.8, 4) is 0 Å². The van der Waals surface area contributed by atoms with Crippen LogP contribution in [-0.4, -0.2) is 6.54 Å². The predicted octanol–water partition coefficient (Wildman–Crippen LogP) is 4.85. The van der Waals surface area contributed by atoms with Crippen LogP contribution in [-0.2, 0) is 6.42 Å². The van der Waals surface area contributed by atoms with Crippen molar-refractivity contribution in [2.24, 2.45) is 0 Å². The molecule has 0 aromatic heterocycles. The summed E-state index contributed by atoms with van der Waals surface area (Å²) in [5.74, 6) is -0.231. The van der Waals surface area contributed by atoms with E-state index in [-0.39, 0.29) is 11.9 Å². The van der Waals surface area contributed by atoms with E-state index in [2.05, 4.69) is 59.4 Å². The summed E-state index contributed by atoms with van der Waals surface area (Å²) in [5.41, 5.74) is 3.58. The van der Waals surface area contributed by atoms with Gasteiger partial charge < -0.3 is 5.32 Å². The molecule has 0 aliphatic heterocycles. The van der Waals surface area contributed by atoms with Gasteiger partial charge in [-0.15, -0.1) is 0 Å². The zero-order chi connectivity index (χ0) is 14.5. The lowest BCUT2D eigenvalue weighted by molar-refractivity contribution is 0.608. The van der Waals surface area contributed by atoms with Crippen molar-refractivity contribution in [2.75, 3.05) is 6.54 Å². The maximum atomic E-state index is 13.4. The van der Waals surface area contributed by atoms with Crippen molar-refractivity contribution in [2.45, 2.75) is 26.3 Å². The molecule has 2 aromatic carbocycles. The first kappa shape index (κ1) is 15.2. The van der Waals surface area contributed by atoms with E-state index in [1.807, 2.05) is 12.1 Å². The monoisotopic (exact) mass is 335 g/mol. The maximum Gasteiger partial charge on any atom is 0.137 e. The van der Waals surface area contributed by atoms with E-state index in [1.165, 1.54) is 17.2 Å². The van der Waals surface area contributed by atoms with Crippen molar-refractivity contribution in [3.05, 3.63) is 69.4 Å². The maximum absolute atomic E-state index is 13.4. The highest BCUT2D eigenvalue weighted by atomic mass is 79.9. The van der Waals surface area contributed by atoms with Crippen LogP contribution < -0.4 is 5.32 Å². The molecular formula is C17H19BrFN. The smallest absolute Gasteiger partial charge is 0.137 e. The summed E-state index contributed by atoms with van der Waals surface area (Å²) < 4.78 is 13.9. The minimum Gasteiger partial charge on any atom is -0.307 e. The van der Waals surface area contributed by atoms with Gasteiger partial charge in [0.2, 0.25) is 0 Å². The third-order valence-corrected chi connectivity index (χ3v) is 4.01. The summed E-state index contributed by atoms with van der Waals surface area (Å²) in [7, 11) is 0. The molecule has 0 saturated heterocycles. The van der Waals surface area contributed by atoms with E-state index in [4.69, 9.17) is 0 Å². The molecule has 3 heteroatoms. The zero-order valence-corrected chi connectivity index (χ0v) is 13.4. The van der Waals surface area contributed by atoms with Crippen molar-refractivity contribution < 1.29 is 4.39 Å². The van der Waals surface area contributed by atoms with Crippen molar-refractivity contribution in [1.29, 1.82) is 0 Å². The number of halogens is 2. The molecule has 106 valence electrons. The molecule has 1 nitrogen and oxygen atoms in total. The van der Waals surface area contributed by atoms with Crippen LogP contribution in [0.5, 0.6) is 0 Å². The summed E-state index contributed by atoms with van der Waals surface area (Å²) in [5, 5.41) is 3.46. The van der Waals surface area contributed by atoms with Gasteiger partial charge in [0, 0.05) is 0 Å². The number of hydrogen-bond donors (Lipinski definition) is 1. The fourth-order valence-corrected chi connectivity index (χ4v) is 2.67. The molecule has 0 aliphatic carbocycles. The second kappa shape index (κ2) is 7.00. The van der Waals surface area contributed by atoms with Crippen molar-refractivity contribution in [3.63, 3.8) is 0 Å². The van der Waals surface area contributed by atoms with E-state index in [1.54, 1.807) is 0 Å². The topological polar surface area (TPSA) is 12.0 Å². The molecule has 1 atom stereocenters. The lowest BCUT2D eigenvalue weighted by Gasteiger charge is -2.19. The average Bonchev–Trinajstić information content (AvgIpc) is 2.48. The standard InChI is InChI=1S/C17H19BrFN/c1-3-12-5-7-13(8-6-12)17(20-4-2)14-9-10-16(19)15(18)11-14/h5-11,17,20H,3-4H2,1-2H3. The molecule has 0 heterocycles. The van der Waals surface area contributed by atoms with Crippen LogP contribution in [0, 0.1) is 5.82 Å². The first-order valence-electron chi connectivity index (χ1n) is 6.92. The Kier molecular flexibility index (Phi) is 5.32. The van der Waals surface area contributed by atoms with Gasteiger partial charge in [-0.25, -0.2) is 4.39 Å². The Morgan fingerprint density at radius 2 is 1.70 bits per heavy atom. The second-order valence-corrected chi connectivity index (χ2v) is 5.61. The van der Waals surface area contributed by atoms with Gasteiger partial charge in [-0.05, 0) is 57.7 Å². The highest BCUT2D eigenvalue weighted by Gasteiger charge is 2.14. The second-order valence-electron chi connectivity index (χ2n) is 4.76. The van der Waals surface area contributed by atoms with Crippen LogP contribution in [0.25, 0.3) is 0 Å². The number of rotatable bonds is 5. The van der Waals surface area contributed by atoms with Gasteiger partial charge in [-0.1, -0.05) is 44.2 Å². The minimum absolute atomic E-state index is 0.0859. The van der Waals surface area contributed by atoms with E-state index in [9.17, 15) is 4.39 Å². The van der Waals surface area contributed by atoms with Gasteiger partial charge in [-0.2, -0.15) is 0 Å². The van der Waals surface area contributed by atoms with Gasteiger partial charge in [0.05, 0.1) is 10.5 Å². The zero-order valence-electron chi connectivity index (χ0n) is 11.8. The third kappa shape index (κ3) is 3.47. The summed E-state index contributed by atoms with van der Waals surface area (Å²) in [6.45, 7) is 5.08. The molecule has 2 rings (SSSR count). The SMILES string of the molecule is CCNC(c1ccc(CC)cc1)c1ccc(F)c(Br)c1. The Bertz CT molecular complexity index is 566. The summed E-state index contributed by atoms with van der Waals surface area (Å²) in [6, 6.07) is 13.9. The minimum atomic E-state index is -0.231. The molecule has 0 saturated carbocycles. The first-order valence-corrected chi connectivity index (χ1v) is 7.72. The quantitative estimate of drug-likeness (QED) is 0.823. The van der Waals surface area contributed by atoms with Crippen LogP contribution in [0.3, 0.4) is 0 Å². The summed E-state index contributed by atoms with van der Waals surface area (Å²) in [4.78, 5) is 0. The molecule has 2 aromatic rings. The summed E-state index contributed by atoms with van der Waals surface area (Å²) >= 11 is 3.26. The Labute approximate surface area is 128 Å². The van der Waals surface area contributed by atoms with Crippen LogP contribution in [0.2, 0.25) is 0 Å². The highest BCUT2D eigenvalue weighted by Crippen LogP contribution is 2.26. The van der Waals surface area contributed by atoms with E-state index >= 15 is 0 Å². The Morgan fingerprint density at radius 1 is 1.05 bits per heavy atom. The van der Waals surface area contributed by atoms with E-state index in [0.29, 0.717) is 4.47 Å². The van der Waals surface area contributed by atoms with Gasteiger partial charge >= 0.3 is 0 Å². The molecule has 20 heavy (non-hydrogen) atoms. The van der Waals surface area contributed by atoms with E-state index in [0.717, 1.165) is 18.5 Å². The fourth-order valence-electron chi connectivity index (χ4n) is 2.27. The fraction of sp³-hybridized carbons (Fsp3) is 0.294. The van der Waals surface area contributed by atoms with Gasteiger partial charge in [-0.3, -0.25) is 0 Å². The number of hydrogen-bond acceptors (Lipinski definition) is 1. The molecule has 0 amide bonds. The molecule has 0 fully saturated rings. The molecule has 1 unspecified atom stereocenters. The third-order valence-electron chi connectivity index (χ3n) is 3.41. The lowest BCUT2D eigenvalue weighted by Crippen LogP contribution is -2.22. The lowest BCUT2D eigenvalue weighted by atomic mass is 9.97. The Morgan fingerprint density at radius 3 is 2.25 bits per heavy atom. The summed E-state index contributed by atoms with van der Waals surface area (Å²) in [6.07, 6.45) is 1.04.